The van der Waals surface area contributed by atoms with Gasteiger partial charge in [0.05, 0.1) is 10.4 Å². The van der Waals surface area contributed by atoms with Crippen LogP contribution in [0.1, 0.15) is 5.56 Å². The summed E-state index contributed by atoms with van der Waals surface area (Å²) >= 11 is 5.92. The number of aromatic nitrogens is 4. The van der Waals surface area contributed by atoms with Gasteiger partial charge in [-0.25, -0.2) is 13.4 Å². The molecule has 5 aromatic rings. The van der Waals surface area contributed by atoms with Crippen LogP contribution in [-0.4, -0.2) is 35.0 Å². The number of halogens is 1. The van der Waals surface area contributed by atoms with Crippen molar-refractivity contribution < 1.29 is 17.9 Å². The quantitative estimate of drug-likeness (QED) is 0.390. The van der Waals surface area contributed by atoms with Gasteiger partial charge in [0.2, 0.25) is 21.7 Å². The van der Waals surface area contributed by atoms with Gasteiger partial charge in [-0.3, -0.25) is 0 Å². The summed E-state index contributed by atoms with van der Waals surface area (Å²) in [4.78, 5) is 4.69. The van der Waals surface area contributed by atoms with E-state index < -0.39 is 9.84 Å². The predicted molar refractivity (Wildman–Crippen MR) is 125 cm³/mol. The molecule has 34 heavy (non-hydrogen) atoms. The van der Waals surface area contributed by atoms with E-state index in [1.807, 2.05) is 42.5 Å². The zero-order valence-corrected chi connectivity index (χ0v) is 19.0. The molecule has 0 saturated carbocycles. The molecular formula is C23H16ClN5O4S. The van der Waals surface area contributed by atoms with Gasteiger partial charge in [-0.2, -0.15) is 4.52 Å². The molecule has 0 bridgehead atoms. The molecule has 1 N–H and O–H groups in total. The van der Waals surface area contributed by atoms with Gasteiger partial charge >= 0.3 is 0 Å². The highest BCUT2D eigenvalue weighted by Gasteiger charge is 2.27. The van der Waals surface area contributed by atoms with Crippen molar-refractivity contribution in [2.45, 2.75) is 16.5 Å². The summed E-state index contributed by atoms with van der Waals surface area (Å²) in [5, 5.41) is 12.4. The van der Waals surface area contributed by atoms with Crippen LogP contribution in [0, 0.1) is 0 Å². The van der Waals surface area contributed by atoms with Crippen LogP contribution >= 0.6 is 11.6 Å². The van der Waals surface area contributed by atoms with Gasteiger partial charge in [0.25, 0.3) is 0 Å². The van der Waals surface area contributed by atoms with Gasteiger partial charge < -0.3 is 14.8 Å². The molecule has 3 aromatic carbocycles. The second kappa shape index (κ2) is 7.86. The minimum atomic E-state index is -3.97. The van der Waals surface area contributed by atoms with Crippen molar-refractivity contribution in [1.82, 2.24) is 19.8 Å². The SMILES string of the molecule is O=S(=O)(c1ccc(Cl)cc1)c1nnn2c1nc(NCc1ccc3c(c1)OCO3)c1ccccc12. The topological polar surface area (TPSA) is 108 Å². The summed E-state index contributed by atoms with van der Waals surface area (Å²) in [7, 11) is -3.97. The fraction of sp³-hybridized carbons (Fsp3) is 0.0870. The average molecular weight is 494 g/mol. The fourth-order valence-corrected chi connectivity index (χ4v) is 5.18. The molecule has 0 radical (unpaired) electrons. The van der Waals surface area contributed by atoms with Gasteiger partial charge in [-0.05, 0) is 54.1 Å². The minimum Gasteiger partial charge on any atom is -0.454 e. The molecule has 170 valence electrons. The number of para-hydroxylation sites is 1. The molecule has 9 nitrogen and oxygen atoms in total. The van der Waals surface area contributed by atoms with Gasteiger partial charge in [-0.1, -0.05) is 35.0 Å². The van der Waals surface area contributed by atoms with E-state index >= 15 is 0 Å². The monoisotopic (exact) mass is 493 g/mol. The third-order valence-corrected chi connectivity index (χ3v) is 7.42. The Kier molecular flexibility index (Phi) is 4.78. The van der Waals surface area contributed by atoms with Crippen LogP contribution in [0.4, 0.5) is 5.82 Å². The largest absolute Gasteiger partial charge is 0.454 e. The van der Waals surface area contributed by atoms with E-state index in [-0.39, 0.29) is 22.4 Å². The number of fused-ring (bicyclic) bond motifs is 4. The first-order valence-electron chi connectivity index (χ1n) is 10.3. The Hall–Kier alpha value is -3.89. The van der Waals surface area contributed by atoms with Crippen molar-refractivity contribution in [3.63, 3.8) is 0 Å². The van der Waals surface area contributed by atoms with Crippen LogP contribution in [0.25, 0.3) is 16.6 Å². The molecule has 6 rings (SSSR count). The third kappa shape index (κ3) is 3.39. The number of hydrogen-bond acceptors (Lipinski definition) is 8. The molecule has 1 aliphatic heterocycles. The Bertz CT molecular complexity index is 1670. The molecule has 0 spiro atoms. The average Bonchev–Trinajstić information content (AvgIpc) is 3.50. The number of rotatable bonds is 5. The maximum absolute atomic E-state index is 13.3. The molecule has 0 saturated heterocycles. The fourth-order valence-electron chi connectivity index (χ4n) is 3.82. The van der Waals surface area contributed by atoms with Gasteiger partial charge in [0, 0.05) is 17.0 Å². The van der Waals surface area contributed by atoms with E-state index in [0.29, 0.717) is 34.4 Å². The maximum Gasteiger partial charge on any atom is 0.231 e. The summed E-state index contributed by atoms with van der Waals surface area (Å²) in [6.07, 6.45) is 0. The molecule has 0 aliphatic carbocycles. The lowest BCUT2D eigenvalue weighted by Gasteiger charge is -2.11. The Balaban J connectivity index is 1.44. The lowest BCUT2D eigenvalue weighted by atomic mass is 10.2. The van der Waals surface area contributed by atoms with E-state index in [0.717, 1.165) is 10.9 Å². The Morgan fingerprint density at radius 3 is 2.65 bits per heavy atom. The summed E-state index contributed by atoms with van der Waals surface area (Å²) in [6, 6.07) is 19.0. The standard InChI is InChI=1S/C23H16ClN5O4S/c24-15-6-8-16(9-7-15)34(30,31)23-22-26-21(17-3-1-2-4-18(17)29(22)28-27-23)25-12-14-5-10-19-20(11-14)33-13-32-19/h1-11H,12-13H2,(H,25,26). The number of nitrogens with one attached hydrogen (secondary N) is 1. The zero-order chi connectivity index (χ0) is 23.3. The minimum absolute atomic E-state index is 0.0594. The Labute approximate surface area is 198 Å². The van der Waals surface area contributed by atoms with E-state index in [2.05, 4.69) is 20.6 Å². The Morgan fingerprint density at radius 1 is 1.00 bits per heavy atom. The smallest absolute Gasteiger partial charge is 0.231 e. The molecule has 0 fully saturated rings. The van der Waals surface area contributed by atoms with Crippen molar-refractivity contribution in [2.75, 3.05) is 12.1 Å². The first-order valence-corrected chi connectivity index (χ1v) is 12.1. The number of anilines is 1. The van der Waals surface area contributed by atoms with Crippen LogP contribution in [0.5, 0.6) is 11.5 Å². The highest BCUT2D eigenvalue weighted by Crippen LogP contribution is 2.33. The van der Waals surface area contributed by atoms with Crippen molar-refractivity contribution in [3.8, 4) is 11.5 Å². The lowest BCUT2D eigenvalue weighted by Crippen LogP contribution is -2.07. The van der Waals surface area contributed by atoms with Crippen LogP contribution < -0.4 is 14.8 Å². The number of nitrogens with zero attached hydrogens (tertiary/aromatic N) is 4. The molecule has 11 heteroatoms. The van der Waals surface area contributed by atoms with E-state index in [9.17, 15) is 8.42 Å². The highest BCUT2D eigenvalue weighted by atomic mass is 35.5. The van der Waals surface area contributed by atoms with Crippen LogP contribution in [0.2, 0.25) is 5.02 Å². The predicted octanol–water partition coefficient (Wildman–Crippen LogP) is 4.10. The summed E-state index contributed by atoms with van der Waals surface area (Å²) in [6.45, 7) is 0.638. The van der Waals surface area contributed by atoms with Gasteiger partial charge in [0.1, 0.15) is 5.82 Å². The summed E-state index contributed by atoms with van der Waals surface area (Å²) in [5.74, 6) is 1.90. The van der Waals surface area contributed by atoms with Crippen LogP contribution in [-0.2, 0) is 16.4 Å². The second-order valence-corrected chi connectivity index (χ2v) is 9.91. The first-order chi connectivity index (χ1) is 16.5. The highest BCUT2D eigenvalue weighted by molar-refractivity contribution is 7.91. The van der Waals surface area contributed by atoms with Gasteiger partial charge in [0.15, 0.2) is 17.1 Å². The molecule has 0 atom stereocenters. The summed E-state index contributed by atoms with van der Waals surface area (Å²) < 4.78 is 38.9. The number of benzene rings is 3. The van der Waals surface area contributed by atoms with Crippen LogP contribution in [0.15, 0.2) is 76.7 Å². The molecule has 2 aromatic heterocycles. The molecular weight excluding hydrogens is 478 g/mol. The van der Waals surface area contributed by atoms with Crippen molar-refractivity contribution in [2.24, 2.45) is 0 Å². The Morgan fingerprint density at radius 2 is 1.79 bits per heavy atom. The lowest BCUT2D eigenvalue weighted by molar-refractivity contribution is 0.174. The molecule has 0 amide bonds. The van der Waals surface area contributed by atoms with Crippen molar-refractivity contribution in [3.05, 3.63) is 77.3 Å². The molecule has 0 unspecified atom stereocenters. The van der Waals surface area contributed by atoms with E-state index in [1.54, 1.807) is 0 Å². The van der Waals surface area contributed by atoms with Crippen molar-refractivity contribution >= 4 is 43.8 Å². The second-order valence-electron chi connectivity index (χ2n) is 7.61. The number of hydrogen-bond donors (Lipinski definition) is 1. The maximum atomic E-state index is 13.3. The molecule has 1 aliphatic rings. The van der Waals surface area contributed by atoms with Crippen LogP contribution in [0.3, 0.4) is 0 Å². The normalized spacial score (nSPS) is 13.0. The van der Waals surface area contributed by atoms with E-state index in [1.165, 1.54) is 28.8 Å². The number of ether oxygens (including phenoxy) is 2. The number of sulfone groups is 1. The zero-order valence-electron chi connectivity index (χ0n) is 17.5. The van der Waals surface area contributed by atoms with Gasteiger partial charge in [-0.15, -0.1) is 5.10 Å². The summed E-state index contributed by atoms with van der Waals surface area (Å²) in [5.41, 5.74) is 1.75. The molecule has 3 heterocycles. The third-order valence-electron chi connectivity index (χ3n) is 5.50. The van der Waals surface area contributed by atoms with Crippen molar-refractivity contribution in [1.29, 1.82) is 0 Å². The van der Waals surface area contributed by atoms with E-state index in [4.69, 9.17) is 21.1 Å². The first kappa shape index (κ1) is 20.7.